The maximum absolute atomic E-state index is 6.31. The molecule has 0 aromatic carbocycles. The van der Waals surface area contributed by atoms with E-state index < -0.39 is 0 Å². The highest BCUT2D eigenvalue weighted by Gasteiger charge is 2.15. The third-order valence-electron chi connectivity index (χ3n) is 3.14. The zero-order chi connectivity index (χ0) is 13.1. The molecular formula is C14H20N4. The molecule has 0 radical (unpaired) electrons. The third-order valence-corrected chi connectivity index (χ3v) is 3.14. The average molecular weight is 244 g/mol. The van der Waals surface area contributed by atoms with E-state index in [1.54, 1.807) is 0 Å². The Bertz CT molecular complexity index is 513. The van der Waals surface area contributed by atoms with Gasteiger partial charge in [-0.2, -0.15) is 5.10 Å². The van der Waals surface area contributed by atoms with Gasteiger partial charge in [-0.1, -0.05) is 13.0 Å². The number of pyridine rings is 1. The number of nitrogens with zero attached hydrogens (tertiary/aromatic N) is 3. The van der Waals surface area contributed by atoms with Gasteiger partial charge in [-0.05, 0) is 38.0 Å². The van der Waals surface area contributed by atoms with Crippen molar-refractivity contribution in [1.29, 1.82) is 0 Å². The molecule has 2 aromatic rings. The van der Waals surface area contributed by atoms with E-state index in [1.165, 1.54) is 0 Å². The lowest BCUT2D eigenvalue weighted by Gasteiger charge is -2.13. The zero-order valence-electron chi connectivity index (χ0n) is 11.2. The van der Waals surface area contributed by atoms with E-state index in [4.69, 9.17) is 5.73 Å². The van der Waals surface area contributed by atoms with Gasteiger partial charge in [0.05, 0.1) is 17.4 Å². The molecule has 2 N–H and O–H groups in total. The lowest BCUT2D eigenvalue weighted by Crippen LogP contribution is -2.17. The van der Waals surface area contributed by atoms with Gasteiger partial charge in [0, 0.05) is 18.4 Å². The van der Waals surface area contributed by atoms with Crippen molar-refractivity contribution in [3.8, 4) is 0 Å². The van der Waals surface area contributed by atoms with Crippen LogP contribution in [0.1, 0.15) is 42.5 Å². The molecule has 0 amide bonds. The summed E-state index contributed by atoms with van der Waals surface area (Å²) >= 11 is 0. The highest BCUT2D eigenvalue weighted by Crippen LogP contribution is 2.20. The highest BCUT2D eigenvalue weighted by atomic mass is 15.3. The van der Waals surface area contributed by atoms with E-state index >= 15 is 0 Å². The number of hydrogen-bond acceptors (Lipinski definition) is 3. The lowest BCUT2D eigenvalue weighted by molar-refractivity contribution is 0.594. The largest absolute Gasteiger partial charge is 0.319 e. The van der Waals surface area contributed by atoms with E-state index in [0.29, 0.717) is 0 Å². The molecule has 0 aliphatic carbocycles. The number of aryl methyl sites for hydroxylation is 3. The minimum atomic E-state index is -0.161. The minimum absolute atomic E-state index is 0.161. The number of nitrogens with two attached hydrogens (primary N) is 1. The second kappa shape index (κ2) is 5.31. The van der Waals surface area contributed by atoms with Gasteiger partial charge in [-0.3, -0.25) is 9.67 Å². The Hall–Kier alpha value is -1.68. The first kappa shape index (κ1) is 12.8. The van der Waals surface area contributed by atoms with Crippen molar-refractivity contribution in [3.05, 3.63) is 47.0 Å². The topological polar surface area (TPSA) is 56.7 Å². The van der Waals surface area contributed by atoms with Crippen LogP contribution in [0.25, 0.3) is 0 Å². The van der Waals surface area contributed by atoms with Gasteiger partial charge in [-0.15, -0.1) is 0 Å². The average Bonchev–Trinajstić information content (AvgIpc) is 2.82. The van der Waals surface area contributed by atoms with Crippen LogP contribution in [-0.2, 0) is 13.0 Å². The first-order valence-electron chi connectivity index (χ1n) is 6.40. The van der Waals surface area contributed by atoms with E-state index in [0.717, 1.165) is 35.6 Å². The maximum atomic E-state index is 6.31. The highest BCUT2D eigenvalue weighted by molar-refractivity contribution is 5.27. The summed E-state index contributed by atoms with van der Waals surface area (Å²) in [7, 11) is 0. The van der Waals surface area contributed by atoms with E-state index in [2.05, 4.69) is 30.0 Å². The summed E-state index contributed by atoms with van der Waals surface area (Å²) in [6.45, 7) is 6.99. The van der Waals surface area contributed by atoms with Crippen molar-refractivity contribution in [1.82, 2.24) is 14.8 Å². The Morgan fingerprint density at radius 3 is 2.67 bits per heavy atom. The van der Waals surface area contributed by atoms with Crippen molar-refractivity contribution in [2.24, 2.45) is 5.73 Å². The summed E-state index contributed by atoms with van der Waals surface area (Å²) in [5, 5.41) is 4.53. The molecule has 0 saturated carbocycles. The summed E-state index contributed by atoms with van der Waals surface area (Å²) in [5.74, 6) is 0. The smallest absolute Gasteiger partial charge is 0.0738 e. The number of aromatic nitrogens is 3. The van der Waals surface area contributed by atoms with Crippen molar-refractivity contribution in [2.75, 3.05) is 0 Å². The van der Waals surface area contributed by atoms with E-state index in [-0.39, 0.29) is 6.04 Å². The van der Waals surface area contributed by atoms with Crippen LogP contribution in [0.5, 0.6) is 0 Å². The van der Waals surface area contributed by atoms with Crippen LogP contribution in [0.15, 0.2) is 24.4 Å². The van der Waals surface area contributed by atoms with Crippen LogP contribution < -0.4 is 5.73 Å². The molecule has 0 aliphatic heterocycles. The van der Waals surface area contributed by atoms with E-state index in [9.17, 15) is 0 Å². The molecule has 0 bridgehead atoms. The predicted molar refractivity (Wildman–Crippen MR) is 72.3 cm³/mol. The fraction of sp³-hybridized carbons (Fsp3) is 0.429. The molecule has 0 aliphatic rings. The molecule has 96 valence electrons. The van der Waals surface area contributed by atoms with Crippen LogP contribution in [0.2, 0.25) is 0 Å². The Kier molecular flexibility index (Phi) is 3.77. The second-order valence-electron chi connectivity index (χ2n) is 4.44. The molecule has 1 unspecified atom stereocenters. The predicted octanol–water partition coefficient (Wildman–Crippen LogP) is 2.22. The Morgan fingerprint density at radius 1 is 1.33 bits per heavy atom. The third kappa shape index (κ3) is 2.43. The molecule has 0 spiro atoms. The van der Waals surface area contributed by atoms with Crippen molar-refractivity contribution in [2.45, 2.75) is 39.8 Å². The van der Waals surface area contributed by atoms with E-state index in [1.807, 2.05) is 29.9 Å². The standard InChI is InChI=1S/C14H20N4/c1-4-12-8-13(18(5-2)17-12)14(15)11-7-6-10(3)16-9-11/h6-9,14H,4-5,15H2,1-3H3. The first-order valence-corrected chi connectivity index (χ1v) is 6.40. The fourth-order valence-corrected chi connectivity index (χ4v) is 2.00. The molecule has 2 rings (SSSR count). The Balaban J connectivity index is 2.35. The minimum Gasteiger partial charge on any atom is -0.319 e. The number of hydrogen-bond donors (Lipinski definition) is 1. The molecule has 1 atom stereocenters. The summed E-state index contributed by atoms with van der Waals surface area (Å²) in [6.07, 6.45) is 2.78. The first-order chi connectivity index (χ1) is 8.65. The van der Waals surface area contributed by atoms with Crippen molar-refractivity contribution in [3.63, 3.8) is 0 Å². The SMILES string of the molecule is CCc1cc(C(N)c2ccc(C)nc2)n(CC)n1. The molecule has 0 fully saturated rings. The van der Waals surface area contributed by atoms with Gasteiger partial charge in [0.2, 0.25) is 0 Å². The summed E-state index contributed by atoms with van der Waals surface area (Å²) < 4.78 is 1.98. The normalized spacial score (nSPS) is 12.7. The van der Waals surface area contributed by atoms with Crippen LogP contribution in [-0.4, -0.2) is 14.8 Å². The van der Waals surface area contributed by atoms with Crippen LogP contribution in [0, 0.1) is 6.92 Å². The number of rotatable bonds is 4. The van der Waals surface area contributed by atoms with Crippen LogP contribution in [0.3, 0.4) is 0 Å². The summed E-state index contributed by atoms with van der Waals surface area (Å²) in [6, 6.07) is 5.95. The lowest BCUT2D eigenvalue weighted by atomic mass is 10.1. The molecule has 2 aromatic heterocycles. The summed E-state index contributed by atoms with van der Waals surface area (Å²) in [4.78, 5) is 4.30. The molecule has 4 heteroatoms. The molecule has 4 nitrogen and oxygen atoms in total. The van der Waals surface area contributed by atoms with Crippen LogP contribution >= 0.6 is 0 Å². The summed E-state index contributed by atoms with van der Waals surface area (Å²) in [5.41, 5.74) is 10.5. The van der Waals surface area contributed by atoms with Gasteiger partial charge in [0.25, 0.3) is 0 Å². The monoisotopic (exact) mass is 244 g/mol. The van der Waals surface area contributed by atoms with Crippen LogP contribution in [0.4, 0.5) is 0 Å². The van der Waals surface area contributed by atoms with Crippen molar-refractivity contribution < 1.29 is 0 Å². The maximum Gasteiger partial charge on any atom is 0.0738 e. The molecular weight excluding hydrogens is 224 g/mol. The Morgan fingerprint density at radius 2 is 2.11 bits per heavy atom. The van der Waals surface area contributed by atoms with Gasteiger partial charge in [0.15, 0.2) is 0 Å². The fourth-order valence-electron chi connectivity index (χ4n) is 2.00. The van der Waals surface area contributed by atoms with Gasteiger partial charge >= 0.3 is 0 Å². The van der Waals surface area contributed by atoms with Gasteiger partial charge < -0.3 is 5.73 Å². The Labute approximate surface area is 108 Å². The quantitative estimate of drug-likeness (QED) is 0.897. The zero-order valence-corrected chi connectivity index (χ0v) is 11.2. The van der Waals surface area contributed by atoms with Gasteiger partial charge in [0.1, 0.15) is 0 Å². The molecule has 18 heavy (non-hydrogen) atoms. The van der Waals surface area contributed by atoms with Crippen molar-refractivity contribution >= 4 is 0 Å². The molecule has 2 heterocycles. The molecule has 0 saturated heterocycles. The van der Waals surface area contributed by atoms with Gasteiger partial charge in [-0.25, -0.2) is 0 Å². The second-order valence-corrected chi connectivity index (χ2v) is 4.44.